The van der Waals surface area contributed by atoms with Crippen molar-refractivity contribution in [2.24, 2.45) is 5.92 Å². The fraction of sp³-hybridized carbons (Fsp3) is 0.929. The Balaban J connectivity index is 2.23. The molecule has 1 unspecified atom stereocenters. The van der Waals surface area contributed by atoms with Gasteiger partial charge in [0.25, 0.3) is 0 Å². The van der Waals surface area contributed by atoms with E-state index < -0.39 is 5.60 Å². The average Bonchev–Trinajstić information content (AvgIpc) is 2.74. The quantitative estimate of drug-likeness (QED) is 0.816. The van der Waals surface area contributed by atoms with E-state index in [0.717, 1.165) is 12.5 Å². The molecule has 0 radical (unpaired) electrons. The van der Waals surface area contributed by atoms with Crippen LogP contribution in [0.5, 0.6) is 0 Å². The molecule has 1 aliphatic heterocycles. The highest BCUT2D eigenvalue weighted by molar-refractivity contribution is 7.99. The molecule has 4 nitrogen and oxygen atoms in total. The molecule has 1 fully saturated rings. The summed E-state index contributed by atoms with van der Waals surface area (Å²) in [6, 6.07) is 0. The number of thioether (sulfide) groups is 1. The van der Waals surface area contributed by atoms with Crippen LogP contribution >= 0.6 is 11.8 Å². The summed E-state index contributed by atoms with van der Waals surface area (Å²) in [6.45, 7) is 11.4. The second-order valence-electron chi connectivity index (χ2n) is 6.85. The number of nitrogens with one attached hydrogen (secondary N) is 2. The highest BCUT2D eigenvalue weighted by Gasteiger charge is 2.23. The molecule has 0 aromatic rings. The zero-order valence-electron chi connectivity index (χ0n) is 12.8. The molecule has 0 aromatic carbocycles. The first-order valence-electron chi connectivity index (χ1n) is 6.98. The third kappa shape index (κ3) is 7.67. The number of alkyl carbamates (subject to hydrolysis) is 1. The Kier molecular flexibility index (Phi) is 5.99. The fourth-order valence-corrected chi connectivity index (χ4v) is 3.12. The molecule has 0 aliphatic carbocycles. The highest BCUT2D eigenvalue weighted by atomic mass is 32.2. The van der Waals surface area contributed by atoms with E-state index in [1.165, 1.54) is 17.9 Å². The van der Waals surface area contributed by atoms with Crippen LogP contribution in [-0.2, 0) is 4.74 Å². The second kappa shape index (κ2) is 6.84. The first-order chi connectivity index (χ1) is 8.68. The van der Waals surface area contributed by atoms with Gasteiger partial charge >= 0.3 is 6.09 Å². The molecule has 1 aliphatic rings. The van der Waals surface area contributed by atoms with E-state index in [0.29, 0.717) is 6.54 Å². The number of carbonyl (C=O) groups excluding carboxylic acids is 1. The van der Waals surface area contributed by atoms with E-state index in [4.69, 9.17) is 4.74 Å². The first kappa shape index (κ1) is 16.6. The van der Waals surface area contributed by atoms with Crippen molar-refractivity contribution in [2.75, 3.05) is 24.6 Å². The Morgan fingerprint density at radius 2 is 2.00 bits per heavy atom. The van der Waals surface area contributed by atoms with Crippen LogP contribution in [0.25, 0.3) is 0 Å². The van der Waals surface area contributed by atoms with Crippen molar-refractivity contribution in [1.82, 2.24) is 10.6 Å². The van der Waals surface area contributed by atoms with Gasteiger partial charge in [-0.1, -0.05) is 0 Å². The van der Waals surface area contributed by atoms with Crippen LogP contribution in [0.4, 0.5) is 4.79 Å². The minimum atomic E-state index is -0.442. The average molecular weight is 288 g/mol. The SMILES string of the molecule is CC(C)(CNC(=O)OC(C)(C)C)NCC1CCSC1. The lowest BCUT2D eigenvalue weighted by Crippen LogP contribution is -2.51. The Bertz CT molecular complexity index is 294. The Morgan fingerprint density at radius 3 is 2.53 bits per heavy atom. The normalized spacial score (nSPS) is 20.4. The summed E-state index contributed by atoms with van der Waals surface area (Å²) in [4.78, 5) is 11.6. The maximum absolute atomic E-state index is 11.6. The lowest BCUT2D eigenvalue weighted by atomic mass is 10.0. The van der Waals surface area contributed by atoms with Gasteiger partial charge in [-0.05, 0) is 65.0 Å². The molecule has 2 N–H and O–H groups in total. The van der Waals surface area contributed by atoms with Crippen LogP contribution in [0.15, 0.2) is 0 Å². The smallest absolute Gasteiger partial charge is 0.407 e. The van der Waals surface area contributed by atoms with E-state index in [1.807, 2.05) is 32.5 Å². The summed E-state index contributed by atoms with van der Waals surface area (Å²) in [5, 5.41) is 6.36. The molecule has 112 valence electrons. The molecule has 1 rings (SSSR count). The Labute approximate surface area is 121 Å². The number of amides is 1. The van der Waals surface area contributed by atoms with Crippen LogP contribution in [0.3, 0.4) is 0 Å². The van der Waals surface area contributed by atoms with Crippen molar-refractivity contribution < 1.29 is 9.53 Å². The number of rotatable bonds is 5. The summed E-state index contributed by atoms with van der Waals surface area (Å²) in [5.74, 6) is 3.30. The molecule has 0 aromatic heterocycles. The summed E-state index contributed by atoms with van der Waals surface area (Å²) >= 11 is 2.03. The minimum Gasteiger partial charge on any atom is -0.444 e. The highest BCUT2D eigenvalue weighted by Crippen LogP contribution is 2.23. The van der Waals surface area contributed by atoms with Crippen LogP contribution in [0.1, 0.15) is 41.0 Å². The van der Waals surface area contributed by atoms with Crippen LogP contribution in [0, 0.1) is 5.92 Å². The van der Waals surface area contributed by atoms with E-state index in [1.54, 1.807) is 0 Å². The molecular formula is C14H28N2O2S. The predicted molar refractivity (Wildman–Crippen MR) is 81.8 cm³/mol. The fourth-order valence-electron chi connectivity index (χ4n) is 1.83. The van der Waals surface area contributed by atoms with Gasteiger partial charge in [-0.2, -0.15) is 11.8 Å². The zero-order valence-corrected chi connectivity index (χ0v) is 13.7. The Hall–Kier alpha value is -0.420. The monoisotopic (exact) mass is 288 g/mol. The first-order valence-corrected chi connectivity index (χ1v) is 8.13. The number of hydrogen-bond acceptors (Lipinski definition) is 4. The van der Waals surface area contributed by atoms with Crippen molar-refractivity contribution >= 4 is 17.9 Å². The van der Waals surface area contributed by atoms with Gasteiger partial charge in [0.2, 0.25) is 0 Å². The summed E-state index contributed by atoms with van der Waals surface area (Å²) < 4.78 is 5.23. The van der Waals surface area contributed by atoms with Crippen molar-refractivity contribution in [3.8, 4) is 0 Å². The van der Waals surface area contributed by atoms with Gasteiger partial charge < -0.3 is 15.4 Å². The van der Waals surface area contributed by atoms with Crippen LogP contribution in [0.2, 0.25) is 0 Å². The maximum atomic E-state index is 11.6. The van der Waals surface area contributed by atoms with Crippen LogP contribution in [-0.4, -0.2) is 41.8 Å². The molecule has 0 saturated carbocycles. The van der Waals surface area contributed by atoms with Crippen molar-refractivity contribution in [2.45, 2.75) is 52.2 Å². The second-order valence-corrected chi connectivity index (χ2v) is 8.00. The van der Waals surface area contributed by atoms with Crippen molar-refractivity contribution in [1.29, 1.82) is 0 Å². The minimum absolute atomic E-state index is 0.107. The standard InChI is InChI=1S/C14H28N2O2S/c1-13(2,3)18-12(17)15-10-14(4,5)16-8-11-6-7-19-9-11/h11,16H,6-10H2,1-5H3,(H,15,17). The molecule has 1 heterocycles. The summed E-state index contributed by atoms with van der Waals surface area (Å²) in [5.41, 5.74) is -0.549. The van der Waals surface area contributed by atoms with Gasteiger partial charge in [0.05, 0.1) is 0 Å². The van der Waals surface area contributed by atoms with Crippen molar-refractivity contribution in [3.63, 3.8) is 0 Å². The third-order valence-corrected chi connectivity index (χ3v) is 4.20. The van der Waals surface area contributed by atoms with E-state index in [2.05, 4.69) is 24.5 Å². The van der Waals surface area contributed by atoms with E-state index >= 15 is 0 Å². The van der Waals surface area contributed by atoms with E-state index in [-0.39, 0.29) is 11.6 Å². The molecule has 0 spiro atoms. The van der Waals surface area contributed by atoms with Gasteiger partial charge in [-0.15, -0.1) is 0 Å². The van der Waals surface area contributed by atoms with Gasteiger partial charge in [-0.25, -0.2) is 4.79 Å². The van der Waals surface area contributed by atoms with Gasteiger partial charge in [-0.3, -0.25) is 0 Å². The lowest BCUT2D eigenvalue weighted by molar-refractivity contribution is 0.0513. The summed E-state index contributed by atoms with van der Waals surface area (Å²) in [7, 11) is 0. The maximum Gasteiger partial charge on any atom is 0.407 e. The molecule has 0 bridgehead atoms. The van der Waals surface area contributed by atoms with Gasteiger partial charge in [0, 0.05) is 12.1 Å². The number of ether oxygens (including phenoxy) is 1. The predicted octanol–water partition coefficient (Wildman–Crippen LogP) is 2.63. The Morgan fingerprint density at radius 1 is 1.32 bits per heavy atom. The zero-order chi connectivity index (χ0) is 14.5. The summed E-state index contributed by atoms with van der Waals surface area (Å²) in [6.07, 6.45) is 0.951. The topological polar surface area (TPSA) is 50.4 Å². The molecule has 19 heavy (non-hydrogen) atoms. The van der Waals surface area contributed by atoms with Crippen molar-refractivity contribution in [3.05, 3.63) is 0 Å². The number of carbonyl (C=O) groups is 1. The van der Waals surface area contributed by atoms with E-state index in [9.17, 15) is 4.79 Å². The molecule has 1 atom stereocenters. The van der Waals surface area contributed by atoms with Gasteiger partial charge in [0.1, 0.15) is 5.60 Å². The molecule has 1 saturated heterocycles. The van der Waals surface area contributed by atoms with Crippen LogP contribution < -0.4 is 10.6 Å². The largest absolute Gasteiger partial charge is 0.444 e. The third-order valence-electron chi connectivity index (χ3n) is 2.97. The molecule has 5 heteroatoms. The molecule has 1 amide bonds. The molecular weight excluding hydrogens is 260 g/mol. The lowest BCUT2D eigenvalue weighted by Gasteiger charge is -2.29. The van der Waals surface area contributed by atoms with Gasteiger partial charge in [0.15, 0.2) is 0 Å². The number of hydrogen-bond donors (Lipinski definition) is 2.